The summed E-state index contributed by atoms with van der Waals surface area (Å²) in [5.74, 6) is 2.02. The summed E-state index contributed by atoms with van der Waals surface area (Å²) in [6.07, 6.45) is 8.82. The molecule has 2 heterocycles. The highest BCUT2D eigenvalue weighted by atomic mass is 16.5. The third kappa shape index (κ3) is 3.58. The molecule has 1 spiro atoms. The molecule has 0 atom stereocenters. The van der Waals surface area contributed by atoms with Crippen molar-refractivity contribution >= 4 is 0 Å². The van der Waals surface area contributed by atoms with E-state index in [1.54, 1.807) is 0 Å². The Hall–Kier alpha value is -2.00. The third-order valence-corrected chi connectivity index (χ3v) is 6.76. The number of nitrogens with zero attached hydrogens (tertiary/aromatic N) is 1. The van der Waals surface area contributed by atoms with Crippen molar-refractivity contribution in [1.82, 2.24) is 4.90 Å². The topological polar surface area (TPSA) is 21.7 Å². The van der Waals surface area contributed by atoms with Gasteiger partial charge in [-0.05, 0) is 67.9 Å². The molecule has 0 N–H and O–H groups in total. The lowest BCUT2D eigenvalue weighted by molar-refractivity contribution is -0.0337. The fraction of sp³-hybridized carbons (Fsp3) is 0.500. The monoisotopic (exact) mass is 363 g/mol. The minimum atomic E-state index is 0.0691. The van der Waals surface area contributed by atoms with Crippen LogP contribution in [0.25, 0.3) is 0 Å². The summed E-state index contributed by atoms with van der Waals surface area (Å²) in [6, 6.07) is 17.6. The highest BCUT2D eigenvalue weighted by Crippen LogP contribution is 2.41. The van der Waals surface area contributed by atoms with Crippen molar-refractivity contribution in [1.29, 1.82) is 0 Å². The number of aryl methyl sites for hydroxylation is 1. The van der Waals surface area contributed by atoms with Gasteiger partial charge in [-0.1, -0.05) is 36.8 Å². The molecule has 1 saturated heterocycles. The molecule has 1 saturated carbocycles. The van der Waals surface area contributed by atoms with Gasteiger partial charge in [0.15, 0.2) is 0 Å². The second-order valence-electron chi connectivity index (χ2n) is 8.45. The molecule has 3 heteroatoms. The minimum Gasteiger partial charge on any atom is -0.489 e. The van der Waals surface area contributed by atoms with Gasteiger partial charge in [-0.2, -0.15) is 0 Å². The highest BCUT2D eigenvalue weighted by Gasteiger charge is 2.41. The number of rotatable bonds is 4. The fourth-order valence-corrected chi connectivity index (χ4v) is 4.73. The van der Waals surface area contributed by atoms with Crippen molar-refractivity contribution in [3.63, 3.8) is 0 Å². The predicted octanol–water partition coefficient (Wildman–Crippen LogP) is 4.98. The Morgan fingerprint density at radius 3 is 2.56 bits per heavy atom. The van der Waals surface area contributed by atoms with Gasteiger partial charge in [0.05, 0.1) is 0 Å². The number of benzene rings is 2. The van der Waals surface area contributed by atoms with Gasteiger partial charge >= 0.3 is 0 Å². The summed E-state index contributed by atoms with van der Waals surface area (Å²) in [5, 5.41) is 0. The molecule has 2 aromatic rings. The molecule has 0 radical (unpaired) electrons. The Balaban J connectivity index is 1.21. The maximum absolute atomic E-state index is 6.58. The zero-order valence-corrected chi connectivity index (χ0v) is 16.0. The van der Waals surface area contributed by atoms with Gasteiger partial charge in [0.1, 0.15) is 23.7 Å². The molecular formula is C24H29NO2. The summed E-state index contributed by atoms with van der Waals surface area (Å²) >= 11 is 0. The molecule has 2 aromatic carbocycles. The lowest BCUT2D eigenvalue weighted by Gasteiger charge is -2.48. The van der Waals surface area contributed by atoms with Crippen LogP contribution in [-0.2, 0) is 13.0 Å². The maximum atomic E-state index is 6.58. The third-order valence-electron chi connectivity index (χ3n) is 6.76. The average molecular weight is 364 g/mol. The molecule has 0 aromatic heterocycles. The van der Waals surface area contributed by atoms with Crippen molar-refractivity contribution in [3.05, 3.63) is 59.7 Å². The molecule has 1 aliphatic carbocycles. The molecular weight excluding hydrogens is 334 g/mol. The minimum absolute atomic E-state index is 0.0691. The molecule has 0 bridgehead atoms. The van der Waals surface area contributed by atoms with Crippen LogP contribution < -0.4 is 9.47 Å². The van der Waals surface area contributed by atoms with Gasteiger partial charge in [0, 0.05) is 19.1 Å². The van der Waals surface area contributed by atoms with Crippen LogP contribution in [0, 0.1) is 0 Å². The van der Waals surface area contributed by atoms with E-state index in [1.165, 1.54) is 56.3 Å². The molecule has 0 unspecified atom stereocenters. The van der Waals surface area contributed by atoms with Gasteiger partial charge in [-0.15, -0.1) is 0 Å². The summed E-state index contributed by atoms with van der Waals surface area (Å²) < 4.78 is 12.6. The van der Waals surface area contributed by atoms with Crippen LogP contribution >= 0.6 is 0 Å². The smallest absolute Gasteiger partial charge is 0.123 e. The molecule has 0 amide bonds. The van der Waals surface area contributed by atoms with E-state index >= 15 is 0 Å². The molecule has 2 fully saturated rings. The largest absolute Gasteiger partial charge is 0.489 e. The van der Waals surface area contributed by atoms with Gasteiger partial charge in [-0.25, -0.2) is 0 Å². The molecule has 27 heavy (non-hydrogen) atoms. The first kappa shape index (κ1) is 17.1. The van der Waals surface area contributed by atoms with Crippen LogP contribution in [-0.4, -0.2) is 29.6 Å². The second-order valence-corrected chi connectivity index (χ2v) is 8.45. The zero-order chi connectivity index (χ0) is 18.1. The van der Waals surface area contributed by atoms with Gasteiger partial charge in [-0.3, -0.25) is 0 Å². The van der Waals surface area contributed by atoms with E-state index in [0.29, 0.717) is 6.61 Å². The molecule has 5 rings (SSSR count). The van der Waals surface area contributed by atoms with Crippen molar-refractivity contribution in [3.8, 4) is 11.5 Å². The van der Waals surface area contributed by atoms with Crippen molar-refractivity contribution in [2.24, 2.45) is 0 Å². The van der Waals surface area contributed by atoms with Gasteiger partial charge in [0.2, 0.25) is 0 Å². The quantitative estimate of drug-likeness (QED) is 0.765. The van der Waals surface area contributed by atoms with Gasteiger partial charge < -0.3 is 14.4 Å². The van der Waals surface area contributed by atoms with Crippen LogP contribution in [0.5, 0.6) is 11.5 Å². The predicted molar refractivity (Wildman–Crippen MR) is 107 cm³/mol. The van der Waals surface area contributed by atoms with E-state index in [-0.39, 0.29) is 5.60 Å². The molecule has 142 valence electrons. The molecule has 3 aliphatic rings. The van der Waals surface area contributed by atoms with Crippen LogP contribution in [0.2, 0.25) is 0 Å². The first-order chi connectivity index (χ1) is 13.3. The number of hydrogen-bond donors (Lipinski definition) is 0. The number of likely N-dealkylation sites (tertiary alicyclic amines) is 1. The Bertz CT molecular complexity index is 776. The van der Waals surface area contributed by atoms with Crippen molar-refractivity contribution in [2.75, 3.05) is 13.1 Å². The second kappa shape index (κ2) is 7.20. The number of hydrogen-bond acceptors (Lipinski definition) is 3. The summed E-state index contributed by atoms with van der Waals surface area (Å²) in [4.78, 5) is 2.70. The van der Waals surface area contributed by atoms with Crippen molar-refractivity contribution < 1.29 is 9.47 Å². The normalized spacial score (nSPS) is 21.9. The van der Waals surface area contributed by atoms with Crippen LogP contribution in [0.15, 0.2) is 48.5 Å². The Morgan fingerprint density at radius 1 is 1.00 bits per heavy atom. The molecule has 3 nitrogen and oxygen atoms in total. The Morgan fingerprint density at radius 2 is 1.81 bits per heavy atom. The lowest BCUT2D eigenvalue weighted by Crippen LogP contribution is -2.53. The number of ether oxygens (including phenoxy) is 2. The van der Waals surface area contributed by atoms with E-state index < -0.39 is 0 Å². The number of fused-ring (bicyclic) bond motifs is 1. The van der Waals surface area contributed by atoms with E-state index in [0.717, 1.165) is 30.4 Å². The summed E-state index contributed by atoms with van der Waals surface area (Å²) in [6.45, 7) is 3.03. The van der Waals surface area contributed by atoms with Crippen LogP contribution in [0.4, 0.5) is 0 Å². The van der Waals surface area contributed by atoms with Crippen LogP contribution in [0.1, 0.15) is 49.7 Å². The van der Waals surface area contributed by atoms with E-state index in [1.807, 2.05) is 6.07 Å². The van der Waals surface area contributed by atoms with E-state index in [4.69, 9.17) is 9.47 Å². The van der Waals surface area contributed by atoms with Crippen molar-refractivity contribution in [2.45, 2.75) is 63.2 Å². The Kier molecular flexibility index (Phi) is 4.56. The standard InChI is InChI=1S/C24H29NO2/c1-2-5-19(6-3-1)18-26-22-9-10-23-20(17-22)11-12-24(27-23)13-15-25(16-14-24)21-7-4-8-21/h1-3,5-6,9-10,17,21H,4,7-8,11-16,18H2. The Labute approximate surface area is 162 Å². The fourth-order valence-electron chi connectivity index (χ4n) is 4.73. The van der Waals surface area contributed by atoms with E-state index in [2.05, 4.69) is 47.4 Å². The zero-order valence-electron chi connectivity index (χ0n) is 16.0. The summed E-state index contributed by atoms with van der Waals surface area (Å²) in [7, 11) is 0. The van der Waals surface area contributed by atoms with Crippen LogP contribution in [0.3, 0.4) is 0 Å². The number of piperidine rings is 1. The first-order valence-electron chi connectivity index (χ1n) is 10.5. The average Bonchev–Trinajstić information content (AvgIpc) is 2.68. The highest BCUT2D eigenvalue weighted by molar-refractivity contribution is 5.42. The maximum Gasteiger partial charge on any atom is 0.123 e. The van der Waals surface area contributed by atoms with Gasteiger partial charge in [0.25, 0.3) is 0 Å². The SMILES string of the molecule is c1ccc(COc2ccc3c(c2)CCC2(CCN(C4CCC4)CC2)O3)cc1. The van der Waals surface area contributed by atoms with E-state index in [9.17, 15) is 0 Å². The summed E-state index contributed by atoms with van der Waals surface area (Å²) in [5.41, 5.74) is 2.57. The first-order valence-corrected chi connectivity index (χ1v) is 10.5. The molecule has 2 aliphatic heterocycles. The lowest BCUT2D eigenvalue weighted by atomic mass is 9.81.